The zero-order valence-corrected chi connectivity index (χ0v) is 23.1. The van der Waals surface area contributed by atoms with Crippen LogP contribution in [-0.2, 0) is 17.8 Å². The van der Waals surface area contributed by atoms with Gasteiger partial charge in [-0.05, 0) is 92.5 Å². The maximum atomic E-state index is 10.3. The molecule has 1 saturated carbocycles. The average Bonchev–Trinajstić information content (AvgIpc) is 3.72. The number of rotatable bonds is 8. The normalized spacial score (nSPS) is 14.4. The number of fused-ring (bicyclic) bond motifs is 6. The summed E-state index contributed by atoms with van der Waals surface area (Å²) >= 11 is 0. The van der Waals surface area contributed by atoms with Crippen LogP contribution in [0.2, 0.25) is 0 Å². The highest BCUT2D eigenvalue weighted by Crippen LogP contribution is 2.38. The summed E-state index contributed by atoms with van der Waals surface area (Å²) in [6.45, 7) is 6.39. The van der Waals surface area contributed by atoms with Gasteiger partial charge in [0.05, 0.1) is 58.2 Å². The number of ether oxygens (including phenoxy) is 1. The van der Waals surface area contributed by atoms with Crippen molar-refractivity contribution in [2.75, 3.05) is 0 Å². The molecule has 200 valence electrons. The molecule has 5 aromatic rings. The molecule has 0 amide bonds. The number of imidazole rings is 1. The fraction of sp³-hybridized carbons (Fsp3) is 0.324. The van der Waals surface area contributed by atoms with Crippen molar-refractivity contribution in [2.45, 2.75) is 64.8 Å². The predicted molar refractivity (Wildman–Crippen MR) is 158 cm³/mol. The highest BCUT2D eigenvalue weighted by atomic mass is 16.5. The average molecular weight is 529 g/mol. The van der Waals surface area contributed by atoms with Gasteiger partial charge in [0.25, 0.3) is 0 Å². The van der Waals surface area contributed by atoms with Crippen LogP contribution >= 0.6 is 0 Å². The number of nitriles is 2. The van der Waals surface area contributed by atoms with E-state index in [2.05, 4.69) is 60.4 Å². The summed E-state index contributed by atoms with van der Waals surface area (Å²) in [5, 5.41) is 34.1. The number of aromatic amines is 1. The molecule has 1 aliphatic carbocycles. The Bertz CT molecular complexity index is 1810. The number of aryl methyl sites for hydroxylation is 1. The van der Waals surface area contributed by atoms with Gasteiger partial charge < -0.3 is 14.8 Å². The molecule has 6 heteroatoms. The van der Waals surface area contributed by atoms with E-state index in [4.69, 9.17) is 9.72 Å². The van der Waals surface area contributed by atoms with Crippen LogP contribution in [0.15, 0.2) is 54.6 Å². The van der Waals surface area contributed by atoms with E-state index >= 15 is 0 Å². The lowest BCUT2D eigenvalue weighted by Gasteiger charge is -2.17. The van der Waals surface area contributed by atoms with Crippen LogP contribution in [0.3, 0.4) is 0 Å². The molecule has 1 aliphatic rings. The first-order valence-electron chi connectivity index (χ1n) is 13.9. The molecule has 0 aliphatic heterocycles. The van der Waals surface area contributed by atoms with Crippen molar-refractivity contribution >= 4 is 32.6 Å². The second-order valence-electron chi connectivity index (χ2n) is 11.7. The second kappa shape index (κ2) is 10.1. The lowest BCUT2D eigenvalue weighted by molar-refractivity contribution is 0.0388. The number of nitrogens with zero attached hydrogens (tertiary/aromatic N) is 3. The minimum atomic E-state index is -0.743. The van der Waals surface area contributed by atoms with Crippen molar-refractivity contribution in [3.63, 3.8) is 0 Å². The van der Waals surface area contributed by atoms with E-state index in [0.717, 1.165) is 50.1 Å². The van der Waals surface area contributed by atoms with Crippen molar-refractivity contribution in [3.8, 4) is 23.5 Å². The zero-order valence-electron chi connectivity index (χ0n) is 23.1. The first kappa shape index (κ1) is 26.0. The van der Waals surface area contributed by atoms with Crippen molar-refractivity contribution in [2.24, 2.45) is 5.92 Å². The van der Waals surface area contributed by atoms with Gasteiger partial charge in [-0.2, -0.15) is 10.5 Å². The topological polar surface area (TPSA) is 106 Å². The third kappa shape index (κ3) is 4.93. The van der Waals surface area contributed by atoms with E-state index in [9.17, 15) is 15.6 Å². The molecule has 40 heavy (non-hydrogen) atoms. The lowest BCUT2D eigenvalue weighted by atomic mass is 9.94. The Morgan fingerprint density at radius 2 is 1.62 bits per heavy atom. The first-order valence-corrected chi connectivity index (χ1v) is 13.9. The summed E-state index contributed by atoms with van der Waals surface area (Å²) in [6.07, 6.45) is 4.17. The Morgan fingerprint density at radius 3 is 2.30 bits per heavy atom. The molecule has 4 aromatic carbocycles. The van der Waals surface area contributed by atoms with Crippen LogP contribution in [0.1, 0.15) is 62.3 Å². The maximum absolute atomic E-state index is 10.3. The quantitative estimate of drug-likeness (QED) is 0.206. The summed E-state index contributed by atoms with van der Waals surface area (Å²) in [6, 6.07) is 22.4. The van der Waals surface area contributed by atoms with Crippen LogP contribution in [-0.4, -0.2) is 26.8 Å². The summed E-state index contributed by atoms with van der Waals surface area (Å²) in [4.78, 5) is 8.45. The van der Waals surface area contributed by atoms with Gasteiger partial charge in [0.1, 0.15) is 5.82 Å². The molecule has 1 fully saturated rings. The van der Waals surface area contributed by atoms with Gasteiger partial charge >= 0.3 is 0 Å². The van der Waals surface area contributed by atoms with Gasteiger partial charge in [0.2, 0.25) is 0 Å². The summed E-state index contributed by atoms with van der Waals surface area (Å²) in [5.41, 5.74) is 4.53. The molecule has 1 heterocycles. The summed E-state index contributed by atoms with van der Waals surface area (Å²) in [5.74, 6) is 1.19. The molecule has 1 aromatic heterocycles. The third-order valence-corrected chi connectivity index (χ3v) is 8.05. The molecule has 6 rings (SSSR count). The fourth-order valence-electron chi connectivity index (χ4n) is 5.55. The number of hydrogen-bond donors (Lipinski definition) is 2. The van der Waals surface area contributed by atoms with Gasteiger partial charge in [0.15, 0.2) is 0 Å². The van der Waals surface area contributed by atoms with Crippen LogP contribution < -0.4 is 0 Å². The molecule has 0 saturated heterocycles. The largest absolute Gasteiger partial charge is 0.390 e. The Labute approximate surface area is 233 Å². The van der Waals surface area contributed by atoms with Gasteiger partial charge in [-0.3, -0.25) is 0 Å². The van der Waals surface area contributed by atoms with Crippen LogP contribution in [0.25, 0.3) is 44.0 Å². The minimum Gasteiger partial charge on any atom is -0.390 e. The standard InChI is InChI=1S/C34H32N4O2/c1-20(23-9-10-23)40-19-22-8-12-27-29(16-22)28-15-21(13-14-34(2,3)39)7-11-26(28)31-32(27)38-33(37-31)30-24(17-35)5-4-6-25(30)18-36/h4-8,11-12,15-16,20,23,39H,9-10,13-14,19H2,1-3H3,(H,37,38). The number of H-pyrrole nitrogens is 1. The summed E-state index contributed by atoms with van der Waals surface area (Å²) in [7, 11) is 0. The Kier molecular flexibility index (Phi) is 6.55. The zero-order chi connectivity index (χ0) is 28.0. The smallest absolute Gasteiger partial charge is 0.141 e. The Morgan fingerprint density at radius 1 is 0.975 bits per heavy atom. The summed E-state index contributed by atoms with van der Waals surface area (Å²) < 4.78 is 6.20. The fourth-order valence-corrected chi connectivity index (χ4v) is 5.55. The molecule has 2 N–H and O–H groups in total. The lowest BCUT2D eigenvalue weighted by Crippen LogP contribution is -2.19. The highest BCUT2D eigenvalue weighted by Gasteiger charge is 2.28. The monoisotopic (exact) mass is 528 g/mol. The minimum absolute atomic E-state index is 0.257. The van der Waals surface area contributed by atoms with Gasteiger partial charge in [-0.25, -0.2) is 4.98 Å². The van der Waals surface area contributed by atoms with Gasteiger partial charge in [0, 0.05) is 10.8 Å². The number of aromatic nitrogens is 2. The molecule has 1 atom stereocenters. The van der Waals surface area contributed by atoms with Gasteiger partial charge in [-0.1, -0.05) is 36.4 Å². The highest BCUT2D eigenvalue weighted by molar-refractivity contribution is 6.23. The third-order valence-electron chi connectivity index (χ3n) is 8.05. The maximum Gasteiger partial charge on any atom is 0.141 e. The predicted octanol–water partition coefficient (Wildman–Crippen LogP) is 7.30. The Hall–Kier alpha value is -4.23. The molecule has 0 bridgehead atoms. The van der Waals surface area contributed by atoms with Crippen molar-refractivity contribution < 1.29 is 9.84 Å². The number of benzene rings is 4. The van der Waals surface area contributed by atoms with E-state index in [1.807, 2.05) is 13.8 Å². The molecular formula is C34H32N4O2. The van der Waals surface area contributed by atoms with Crippen molar-refractivity contribution in [3.05, 3.63) is 76.9 Å². The first-order chi connectivity index (χ1) is 19.3. The SMILES string of the molecule is CC(OCc1ccc2c(c1)c1cc(CCC(C)(C)O)ccc1c1nc(-c3c(C#N)cccc3C#N)[nH]c21)C1CC1. The van der Waals surface area contributed by atoms with Crippen molar-refractivity contribution in [1.82, 2.24) is 9.97 Å². The van der Waals surface area contributed by atoms with Crippen molar-refractivity contribution in [1.29, 1.82) is 10.5 Å². The van der Waals surface area contributed by atoms with E-state index in [1.165, 1.54) is 12.8 Å². The molecule has 0 spiro atoms. The van der Waals surface area contributed by atoms with E-state index in [0.29, 0.717) is 41.5 Å². The van der Waals surface area contributed by atoms with Crippen LogP contribution in [0.4, 0.5) is 0 Å². The molecule has 0 radical (unpaired) electrons. The van der Waals surface area contributed by atoms with Gasteiger partial charge in [-0.15, -0.1) is 0 Å². The van der Waals surface area contributed by atoms with E-state index < -0.39 is 5.60 Å². The number of hydrogen-bond acceptors (Lipinski definition) is 5. The van der Waals surface area contributed by atoms with E-state index in [-0.39, 0.29) is 6.10 Å². The number of nitrogens with one attached hydrogen (secondary N) is 1. The molecule has 1 unspecified atom stereocenters. The molecular weight excluding hydrogens is 496 g/mol. The number of aliphatic hydroxyl groups is 1. The van der Waals surface area contributed by atoms with Crippen LogP contribution in [0, 0.1) is 28.6 Å². The van der Waals surface area contributed by atoms with E-state index in [1.54, 1.807) is 18.2 Å². The van der Waals surface area contributed by atoms with Crippen LogP contribution in [0.5, 0.6) is 0 Å². The second-order valence-corrected chi connectivity index (χ2v) is 11.7. The molecule has 6 nitrogen and oxygen atoms in total. The Balaban J connectivity index is 1.55.